The number of halogens is 6. The van der Waals surface area contributed by atoms with Gasteiger partial charge in [-0.3, -0.25) is 23.4 Å². The zero-order chi connectivity index (χ0) is 46.3. The van der Waals surface area contributed by atoms with E-state index in [0.29, 0.717) is 16.9 Å². The lowest BCUT2D eigenvalue weighted by molar-refractivity contribution is -0.175. The molecule has 1 aliphatic rings. The summed E-state index contributed by atoms with van der Waals surface area (Å²) in [4.78, 5) is 67.6. The molecule has 0 aromatic heterocycles. The summed E-state index contributed by atoms with van der Waals surface area (Å²) in [5.41, 5.74) is -0.528. The summed E-state index contributed by atoms with van der Waals surface area (Å²) >= 11 is 3.00. The van der Waals surface area contributed by atoms with Crippen LogP contribution in [0, 0.1) is 11.8 Å². The number of amides is 4. The van der Waals surface area contributed by atoms with Gasteiger partial charge in [0.1, 0.15) is 23.4 Å². The van der Waals surface area contributed by atoms with Crippen molar-refractivity contribution in [3.05, 3.63) is 100 Å². The fraction of sp³-hybridized carbons (Fsp3) is 0.452. The minimum absolute atomic E-state index is 0.0107. The minimum Gasteiger partial charge on any atom is -0.772 e. The molecule has 338 valence electrons. The van der Waals surface area contributed by atoms with Crippen LogP contribution in [0.4, 0.5) is 26.7 Å². The van der Waals surface area contributed by atoms with Crippen molar-refractivity contribution in [2.75, 3.05) is 13.7 Å². The molecule has 6 atom stereocenters. The molecular weight excluding hydrogens is 867 g/mol. The van der Waals surface area contributed by atoms with Crippen LogP contribution >= 0.6 is 11.6 Å². The van der Waals surface area contributed by atoms with E-state index in [9.17, 15) is 45.9 Å². The van der Waals surface area contributed by atoms with E-state index in [1.165, 1.54) is 69.5 Å². The number of carbonyl (C=O) groups excluding carboxylic acids is 5. The van der Waals surface area contributed by atoms with Gasteiger partial charge in [-0.25, -0.2) is 4.79 Å². The van der Waals surface area contributed by atoms with Gasteiger partial charge in [0.2, 0.25) is 11.8 Å². The van der Waals surface area contributed by atoms with Crippen LogP contribution in [-0.2, 0) is 53.9 Å². The molecule has 3 N–H and O–H groups in total. The van der Waals surface area contributed by atoms with Crippen LogP contribution in [0.5, 0.6) is 5.75 Å². The third-order valence-corrected chi connectivity index (χ3v) is 11.2. The van der Waals surface area contributed by atoms with Crippen LogP contribution in [0.1, 0.15) is 68.5 Å². The molecule has 0 saturated carbocycles. The van der Waals surface area contributed by atoms with Gasteiger partial charge in [-0.05, 0) is 91.1 Å². The third-order valence-electron chi connectivity index (χ3n) is 9.90. The number of Topliss-reactive ketones (excluding diaryl/α,β-unsaturated/α-hetero) is 1. The van der Waals surface area contributed by atoms with Crippen LogP contribution in [0.2, 0.25) is 5.02 Å². The Bertz CT molecular complexity index is 2120. The molecule has 4 amide bonds. The summed E-state index contributed by atoms with van der Waals surface area (Å²) in [6.07, 6.45) is -7.01. The standard InChI is InChI=1S/C42H48ClF5N4O9S/c1-23(2)33(35(53)42(46,47)48)51-36(54)32-19-27(34(62(58)59)26-14-16-30(60-6)17-15-26)22-52(32)37(55)31(50-38(56)41(44,45)28-8-7-9-29(43)20-28)18-24-10-12-25(13-11-24)21-49-39(57)61-40(3,4)5/h7-17,20,23,27,31-34H,18-19,21-22H2,1-6H3,(H,49,57)(H,50,56)(H,51,54)(H,58,59)/p-1/t27-,31+,32+,33+,34?/m1/s1. The maximum Gasteiger partial charge on any atom is 0.452 e. The number of likely N-dealkylation sites (tertiary alicyclic amines) is 1. The molecular formula is C42H47ClF5N4O9S-. The molecule has 0 aliphatic carbocycles. The molecule has 1 aliphatic heterocycles. The number of ketones is 1. The number of benzene rings is 3. The monoisotopic (exact) mass is 913 g/mol. The molecule has 2 unspecified atom stereocenters. The highest BCUT2D eigenvalue weighted by Crippen LogP contribution is 2.39. The Balaban J connectivity index is 1.76. The number of hydrogen-bond acceptors (Lipinski definition) is 9. The van der Waals surface area contributed by atoms with Crippen molar-refractivity contribution in [3.63, 3.8) is 0 Å². The number of hydrogen-bond donors (Lipinski definition) is 3. The molecule has 0 bridgehead atoms. The van der Waals surface area contributed by atoms with Crippen LogP contribution in [0.3, 0.4) is 0 Å². The van der Waals surface area contributed by atoms with E-state index in [4.69, 9.17) is 21.1 Å². The number of nitrogens with zero attached hydrogens (tertiary/aromatic N) is 1. The summed E-state index contributed by atoms with van der Waals surface area (Å²) in [5, 5.41) is 5.21. The second-order valence-electron chi connectivity index (χ2n) is 16.0. The van der Waals surface area contributed by atoms with Crippen LogP contribution in [0.15, 0.2) is 72.8 Å². The van der Waals surface area contributed by atoms with Crippen molar-refractivity contribution in [2.24, 2.45) is 11.8 Å². The zero-order valence-corrected chi connectivity index (χ0v) is 36.1. The number of nitrogens with one attached hydrogen (secondary N) is 3. The molecule has 3 aromatic carbocycles. The normalized spacial score (nSPS) is 17.7. The van der Waals surface area contributed by atoms with E-state index in [2.05, 4.69) is 16.0 Å². The Labute approximate surface area is 362 Å². The molecule has 1 saturated heterocycles. The molecule has 0 radical (unpaired) electrons. The summed E-state index contributed by atoms with van der Waals surface area (Å²) in [6, 6.07) is 10.4. The van der Waals surface area contributed by atoms with Gasteiger partial charge in [-0.15, -0.1) is 0 Å². The van der Waals surface area contributed by atoms with Crippen LogP contribution < -0.4 is 20.7 Å². The molecule has 1 fully saturated rings. The summed E-state index contributed by atoms with van der Waals surface area (Å²) < 4.78 is 109. The molecule has 3 aromatic rings. The molecule has 13 nitrogen and oxygen atoms in total. The average Bonchev–Trinajstić information content (AvgIpc) is 3.62. The average molecular weight is 914 g/mol. The smallest absolute Gasteiger partial charge is 0.452 e. The topological polar surface area (TPSA) is 183 Å². The largest absolute Gasteiger partial charge is 0.772 e. The predicted molar refractivity (Wildman–Crippen MR) is 217 cm³/mol. The second-order valence-corrected chi connectivity index (χ2v) is 17.5. The maximum atomic E-state index is 15.8. The Morgan fingerprint density at radius 2 is 1.53 bits per heavy atom. The number of alkyl carbamates (subject to hydrolysis) is 1. The number of alkyl halides is 5. The first-order valence-electron chi connectivity index (χ1n) is 19.3. The molecule has 0 spiro atoms. The Kier molecular flexibility index (Phi) is 16.3. The minimum atomic E-state index is -5.36. The number of methoxy groups -OCH3 is 1. The third kappa shape index (κ3) is 12.9. The SMILES string of the molecule is COc1ccc(C([C@@H]2C[C@@H](C(=O)N[C@H](C(=O)C(F)(F)F)C(C)C)N(C(=O)[C@H](Cc3ccc(CNC(=O)OC(C)(C)C)cc3)NC(=O)C(F)(F)c3cccc(Cl)c3)C2)S(=O)[O-])cc1. The van der Waals surface area contributed by atoms with Crippen LogP contribution in [0.25, 0.3) is 0 Å². The maximum absolute atomic E-state index is 15.8. The summed E-state index contributed by atoms with van der Waals surface area (Å²) in [5.74, 6) is -12.7. The molecule has 20 heteroatoms. The zero-order valence-electron chi connectivity index (χ0n) is 34.5. The predicted octanol–water partition coefficient (Wildman–Crippen LogP) is 6.30. The first-order valence-corrected chi connectivity index (χ1v) is 20.8. The van der Waals surface area contributed by atoms with Gasteiger partial charge >= 0.3 is 18.2 Å². The van der Waals surface area contributed by atoms with Crippen molar-refractivity contribution in [1.29, 1.82) is 0 Å². The lowest BCUT2D eigenvalue weighted by atomic mass is 9.95. The van der Waals surface area contributed by atoms with E-state index in [0.717, 1.165) is 17.0 Å². The number of ether oxygens (including phenoxy) is 2. The first kappa shape index (κ1) is 49.5. The Morgan fingerprint density at radius 1 is 0.919 bits per heavy atom. The lowest BCUT2D eigenvalue weighted by Gasteiger charge is -2.31. The summed E-state index contributed by atoms with van der Waals surface area (Å²) in [7, 11) is 1.38. The quantitative estimate of drug-likeness (QED) is 0.110. The number of rotatable bonds is 16. The van der Waals surface area contributed by atoms with E-state index in [-0.39, 0.29) is 17.1 Å². The fourth-order valence-corrected chi connectivity index (χ4v) is 7.94. The number of carbonyl (C=O) groups is 5. The Hall–Kier alpha value is -5.14. The van der Waals surface area contributed by atoms with Gasteiger partial charge < -0.3 is 34.9 Å². The van der Waals surface area contributed by atoms with Crippen molar-refractivity contribution in [1.82, 2.24) is 20.9 Å². The van der Waals surface area contributed by atoms with Crippen molar-refractivity contribution < 1.29 is 64.2 Å². The van der Waals surface area contributed by atoms with Gasteiger partial charge in [-0.1, -0.05) is 74.0 Å². The van der Waals surface area contributed by atoms with E-state index in [1.807, 2.05) is 0 Å². The molecule has 62 heavy (non-hydrogen) atoms. The second kappa shape index (κ2) is 20.4. The highest BCUT2D eigenvalue weighted by Gasteiger charge is 2.50. The van der Waals surface area contributed by atoms with Gasteiger partial charge in [0.25, 0.3) is 11.7 Å². The van der Waals surface area contributed by atoms with Gasteiger partial charge in [0.05, 0.1) is 18.4 Å². The fourth-order valence-electron chi connectivity index (χ4n) is 6.86. The van der Waals surface area contributed by atoms with Crippen LogP contribution in [-0.4, -0.2) is 86.8 Å². The lowest BCUT2D eigenvalue weighted by Crippen LogP contribution is -2.58. The highest BCUT2D eigenvalue weighted by molar-refractivity contribution is 7.79. The van der Waals surface area contributed by atoms with E-state index < -0.39 is 119 Å². The highest BCUT2D eigenvalue weighted by atomic mass is 35.5. The Morgan fingerprint density at radius 3 is 2.06 bits per heavy atom. The molecule has 4 rings (SSSR count). The first-order chi connectivity index (χ1) is 28.8. The van der Waals surface area contributed by atoms with E-state index in [1.54, 1.807) is 32.9 Å². The summed E-state index contributed by atoms with van der Waals surface area (Å²) in [6.45, 7) is 7.01. The van der Waals surface area contributed by atoms with Gasteiger partial charge in [-0.2, -0.15) is 22.0 Å². The van der Waals surface area contributed by atoms with E-state index >= 15 is 8.78 Å². The van der Waals surface area contributed by atoms with Crippen molar-refractivity contribution in [2.45, 2.75) is 95.1 Å². The van der Waals surface area contributed by atoms with Crippen molar-refractivity contribution in [3.8, 4) is 5.75 Å². The van der Waals surface area contributed by atoms with Gasteiger partial charge in [0, 0.05) is 30.1 Å². The van der Waals surface area contributed by atoms with Crippen molar-refractivity contribution >= 4 is 52.3 Å². The molecule has 1 heterocycles. The van der Waals surface area contributed by atoms with Gasteiger partial charge in [0.15, 0.2) is 0 Å².